The van der Waals surface area contributed by atoms with Crippen LogP contribution in [0.2, 0.25) is 0 Å². The zero-order valence-corrected chi connectivity index (χ0v) is 62.1. The Morgan fingerprint density at radius 3 is 0.567 bits per heavy atom. The monoisotopic (exact) mass is 1360 g/mol. The Bertz CT molecular complexity index is 2800. The molecule has 0 bridgehead atoms. The third-order valence-electron chi connectivity index (χ3n) is 20.2. The van der Waals surface area contributed by atoms with Crippen LogP contribution in [0.25, 0.3) is 0 Å². The molecule has 6 fully saturated rings. The van der Waals surface area contributed by atoms with Gasteiger partial charge in [0.1, 0.15) is 49.8 Å². The summed E-state index contributed by atoms with van der Waals surface area (Å²) in [7, 11) is 0. The van der Waals surface area contributed by atoms with Crippen LogP contribution in [0.4, 0.5) is 5.95 Å². The second kappa shape index (κ2) is 26.6. The first-order valence-corrected chi connectivity index (χ1v) is 34.4. The Balaban J connectivity index is 1.08. The first-order chi connectivity index (χ1) is 44.3. The summed E-state index contributed by atoms with van der Waals surface area (Å²) in [5.41, 5.74) is -9.50. The van der Waals surface area contributed by atoms with E-state index in [0.717, 1.165) is 30.4 Å². The molecule has 0 N–H and O–H groups in total. The highest BCUT2D eigenvalue weighted by molar-refractivity contribution is 5.33. The van der Waals surface area contributed by atoms with Gasteiger partial charge < -0.3 is 42.8 Å². The summed E-state index contributed by atoms with van der Waals surface area (Å²) in [6.45, 7) is 44.7. The minimum atomic E-state index is -0.811. The molecule has 0 spiro atoms. The predicted octanol–water partition coefficient (Wildman–Crippen LogP) is 9.68. The van der Waals surface area contributed by atoms with Crippen molar-refractivity contribution in [3.8, 4) is 48.1 Å². The molecule has 6 aliphatic heterocycles. The number of anilines is 1. The number of hydroxylamine groups is 12. The smallest absolute Gasteiger partial charge is 0.326 e. The van der Waals surface area contributed by atoms with Crippen molar-refractivity contribution in [1.82, 2.24) is 75.2 Å². The number of nitrogens with zero attached hydrogens (tertiary/aromatic N) is 16. The minimum Gasteiger partial charge on any atom is -0.461 e. The molecule has 30 nitrogen and oxygen atoms in total. The summed E-state index contributed by atoms with van der Waals surface area (Å²) in [5, 5.41) is 87.8. The second-order valence-corrected chi connectivity index (χ2v) is 35.7. The Labute approximate surface area is 573 Å². The lowest BCUT2D eigenvalue weighted by atomic mass is 9.80. The highest BCUT2D eigenvalue weighted by atomic mass is 16.6. The summed E-state index contributed by atoms with van der Waals surface area (Å²) in [6.07, 6.45) is 1.38. The van der Waals surface area contributed by atoms with Crippen LogP contribution in [0, 0.1) is 0 Å². The van der Waals surface area contributed by atoms with Crippen LogP contribution in [-0.2, 0) is 31.2 Å². The van der Waals surface area contributed by atoms with E-state index >= 15 is 0 Å². The molecule has 6 aliphatic rings. The van der Waals surface area contributed by atoms with Gasteiger partial charge in [-0.2, -0.15) is 9.97 Å². The van der Waals surface area contributed by atoms with E-state index in [1.807, 2.05) is 166 Å². The van der Waals surface area contributed by atoms with Crippen molar-refractivity contribution in [2.45, 2.75) is 346 Å². The van der Waals surface area contributed by atoms with Gasteiger partial charge in [-0.3, -0.25) is 0 Å². The number of hydrogen-bond acceptors (Lipinski definition) is 24. The maximum absolute atomic E-state index is 13.6. The Kier molecular flexibility index (Phi) is 20.8. The molecule has 542 valence electrons. The Morgan fingerprint density at radius 1 is 0.258 bits per heavy atom. The molecule has 0 aliphatic carbocycles. The van der Waals surface area contributed by atoms with Crippen LogP contribution < -0.4 is 42.8 Å². The second-order valence-electron chi connectivity index (χ2n) is 35.7. The molecule has 0 saturated carbocycles. The summed E-state index contributed by atoms with van der Waals surface area (Å²) in [6, 6.07) is -0.762. The van der Waals surface area contributed by atoms with Gasteiger partial charge >= 0.3 is 48.1 Å². The van der Waals surface area contributed by atoms with E-state index in [1.165, 1.54) is 0 Å². The maximum Gasteiger partial charge on any atom is 0.326 e. The molecule has 30 heteroatoms. The van der Waals surface area contributed by atoms with E-state index in [1.54, 1.807) is 4.90 Å². The molecule has 3 aromatic rings. The van der Waals surface area contributed by atoms with Crippen molar-refractivity contribution < 1.29 is 69.1 Å². The maximum atomic E-state index is 13.6. The summed E-state index contributed by atoms with van der Waals surface area (Å²) in [4.78, 5) is 44.5. The van der Waals surface area contributed by atoms with Crippen molar-refractivity contribution in [2.24, 2.45) is 0 Å². The molecule has 6 saturated heterocycles. The van der Waals surface area contributed by atoms with E-state index < -0.39 is 103 Å². The van der Waals surface area contributed by atoms with Crippen LogP contribution in [0.5, 0.6) is 48.1 Å². The number of hydrogen-bond donors (Lipinski definition) is 0. The van der Waals surface area contributed by atoms with Crippen LogP contribution in [0.3, 0.4) is 0 Å². The predicted molar refractivity (Wildman–Crippen MR) is 349 cm³/mol. The number of rotatable bonds is 21. The molecule has 97 heavy (non-hydrogen) atoms. The third-order valence-corrected chi connectivity index (χ3v) is 20.2. The van der Waals surface area contributed by atoms with E-state index in [2.05, 4.69) is 29.9 Å². The lowest BCUT2D eigenvalue weighted by molar-refractivity contribution is -0.297. The number of piperidine rings is 6. The van der Waals surface area contributed by atoms with Gasteiger partial charge in [0.25, 0.3) is 0 Å². The van der Waals surface area contributed by atoms with Gasteiger partial charge in [0.05, 0.1) is 13.1 Å². The highest BCUT2D eigenvalue weighted by Crippen LogP contribution is 2.45. The summed E-state index contributed by atoms with van der Waals surface area (Å²) in [5.74, 6) is 0.0777. The van der Waals surface area contributed by atoms with E-state index in [9.17, 15) is 31.2 Å². The van der Waals surface area contributed by atoms with Crippen molar-refractivity contribution >= 4 is 5.95 Å². The minimum absolute atomic E-state index is 0.0101. The Morgan fingerprint density at radius 2 is 0.402 bits per heavy atom. The first-order valence-electron chi connectivity index (χ1n) is 34.4. The van der Waals surface area contributed by atoms with Gasteiger partial charge in [0.15, 0.2) is 0 Å². The summed E-state index contributed by atoms with van der Waals surface area (Å²) < 4.78 is 52.7. The van der Waals surface area contributed by atoms with Gasteiger partial charge in [-0.1, -0.05) is 0 Å². The average Bonchev–Trinajstić information content (AvgIpc) is 0.802. The van der Waals surface area contributed by atoms with Gasteiger partial charge in [-0.05, 0) is 166 Å². The van der Waals surface area contributed by atoms with E-state index in [4.69, 9.17) is 52.8 Å². The molecule has 9 rings (SSSR count). The molecule has 9 heterocycles. The normalized spacial score (nSPS) is 26.2. The van der Waals surface area contributed by atoms with E-state index in [0.29, 0.717) is 77.0 Å². The largest absolute Gasteiger partial charge is 0.461 e. The molecular weight excluding hydrogens is 1250 g/mol. The lowest BCUT2D eigenvalue weighted by Gasteiger charge is -2.49. The molecule has 0 amide bonds. The van der Waals surface area contributed by atoms with Crippen LogP contribution >= 0.6 is 0 Å². The average molecular weight is 1360 g/mol. The molecule has 0 atom stereocenters. The SMILES string of the molecule is CC1(C)CC(Oc2nc(OCCN(CCOc3nc(OC4CC(C)(C)N([O])C(C)(C)C4)nc(OC4CC(C)(C)N([O])C(C)(C)C4)n3)c3nc(OC4CC(C)(C)N([O])C(C)(C)C4)nc(OC4CC(C)(C)N([O])C(C)(C)C4)n3)nc(OC3CC(C)(C)N([O])C(C)(C)C3)n2)CC(C)(C)N1[O]. The highest BCUT2D eigenvalue weighted by Gasteiger charge is 2.53. The molecule has 3 aromatic heterocycles. The molecule has 6 radical (unpaired) electrons. The van der Waals surface area contributed by atoms with Crippen molar-refractivity contribution in [1.29, 1.82) is 0 Å². The lowest BCUT2D eigenvalue weighted by Crippen LogP contribution is -2.60. The summed E-state index contributed by atoms with van der Waals surface area (Å²) >= 11 is 0. The molecule has 0 unspecified atom stereocenters. The zero-order chi connectivity index (χ0) is 72.0. The molecular formula is C67H110N16O14. The van der Waals surface area contributed by atoms with Gasteiger partial charge in [-0.25, -0.2) is 0 Å². The third kappa shape index (κ3) is 17.4. The van der Waals surface area contributed by atoms with Crippen molar-refractivity contribution in [3.63, 3.8) is 0 Å². The van der Waals surface area contributed by atoms with Gasteiger partial charge in [0, 0.05) is 144 Å². The number of aromatic nitrogens is 9. The van der Waals surface area contributed by atoms with E-state index in [-0.39, 0.29) is 80.3 Å². The standard InChI is InChI=1S/C67H110N16O14/c1-56(2)29-41(30-57(3,4)78(56)84)92-50-68-47(69-51(74-50)93-42-31-58(5,6)79(85)59(7,8)32-42)77(25-27-90-48-70-52(94-43-33-60(9,10)80(86)61(11,12)34-43)75-53(71-48)95-44-35-62(13,14)81(87)63(15,16)36-44)26-28-91-49-72-54(96-45-37-64(17,18)82(88)65(19,20)38-45)76-55(73-49)97-46-39-66(21,22)83(89)67(23,24)40-46/h41-46H,25-40H2,1-24H3. The zero-order valence-electron chi connectivity index (χ0n) is 62.1. The van der Waals surface area contributed by atoms with Crippen molar-refractivity contribution in [2.75, 3.05) is 31.2 Å². The van der Waals surface area contributed by atoms with Gasteiger partial charge in [-0.15, -0.1) is 96.5 Å². The van der Waals surface area contributed by atoms with Gasteiger partial charge in [0.2, 0.25) is 5.95 Å². The van der Waals surface area contributed by atoms with Crippen molar-refractivity contribution in [3.05, 3.63) is 0 Å². The quantitative estimate of drug-likeness (QED) is 0.0957. The fourth-order valence-corrected chi connectivity index (χ4v) is 16.8. The number of ether oxygens (including phenoxy) is 8. The topological polar surface area (TPSA) is 332 Å². The van der Waals surface area contributed by atoms with Crippen LogP contribution in [0.1, 0.15) is 243 Å². The fraction of sp³-hybridized carbons (Fsp3) is 0.866. The first kappa shape index (κ1) is 75.9. The molecule has 0 aromatic carbocycles. The fourth-order valence-electron chi connectivity index (χ4n) is 16.8. The Hall–Kier alpha value is -5.25. The van der Waals surface area contributed by atoms with Crippen LogP contribution in [0.15, 0.2) is 0 Å². The van der Waals surface area contributed by atoms with Crippen LogP contribution in [-0.4, -0.2) is 205 Å².